The Bertz CT molecular complexity index is 668. The van der Waals surface area contributed by atoms with Gasteiger partial charge in [-0.05, 0) is 65.5 Å². The Kier molecular flexibility index (Phi) is 4.36. The first kappa shape index (κ1) is 22.1. The predicted octanol–water partition coefficient (Wildman–Crippen LogP) is 6.29. The lowest BCUT2D eigenvalue weighted by Gasteiger charge is -2.73. The summed E-state index contributed by atoms with van der Waals surface area (Å²) in [6.45, 7) is 33.7. The molecule has 0 aromatic rings. The van der Waals surface area contributed by atoms with Gasteiger partial charge in [-0.2, -0.15) is 10.2 Å². The zero-order chi connectivity index (χ0) is 21.9. The van der Waals surface area contributed by atoms with E-state index >= 15 is 0 Å². The van der Waals surface area contributed by atoms with Crippen molar-refractivity contribution in [3.05, 3.63) is 0 Å². The second-order valence-electron chi connectivity index (χ2n) is 13.5. The van der Waals surface area contributed by atoms with Crippen LogP contribution in [0.4, 0.5) is 0 Å². The van der Waals surface area contributed by atoms with E-state index in [2.05, 4.69) is 106 Å². The van der Waals surface area contributed by atoms with E-state index in [1.807, 2.05) is 0 Å². The van der Waals surface area contributed by atoms with Crippen molar-refractivity contribution in [3.8, 4) is 0 Å². The maximum atomic E-state index is 5.38. The molecule has 0 aromatic carbocycles. The van der Waals surface area contributed by atoms with Gasteiger partial charge in [0, 0.05) is 32.8 Å². The summed E-state index contributed by atoms with van der Waals surface area (Å²) in [4.78, 5) is 0. The zero-order valence-electron chi connectivity index (χ0n) is 20.9. The highest BCUT2D eigenvalue weighted by Gasteiger charge is 2.90. The number of hydrogen-bond donors (Lipinski definition) is 0. The van der Waals surface area contributed by atoms with Crippen molar-refractivity contribution < 1.29 is 0 Å². The largest absolute Gasteiger partial charge is 0.317 e. The fourth-order valence-corrected chi connectivity index (χ4v) is 31.8. The van der Waals surface area contributed by atoms with Crippen LogP contribution in [0, 0.1) is 0 Å². The van der Waals surface area contributed by atoms with Crippen molar-refractivity contribution in [2.75, 3.05) is 0 Å². The van der Waals surface area contributed by atoms with Crippen molar-refractivity contribution >= 4 is 27.9 Å². The quantitative estimate of drug-likeness (QED) is 0.431. The molecule has 1 saturated heterocycles. The average Bonchev–Trinajstić information content (AvgIpc) is 2.79. The Morgan fingerprint density at radius 1 is 0.571 bits per heavy atom. The lowest BCUT2D eigenvalue weighted by Crippen LogP contribution is -2.89. The van der Waals surface area contributed by atoms with Crippen LogP contribution in [0.1, 0.15) is 96.9 Å². The van der Waals surface area contributed by atoms with Crippen LogP contribution >= 0.6 is 0 Å². The van der Waals surface area contributed by atoms with Gasteiger partial charge in [0.15, 0.2) is 16.5 Å². The Morgan fingerprint density at radius 2 is 0.821 bits per heavy atom. The summed E-state index contributed by atoms with van der Waals surface area (Å²) in [5, 5.41) is 12.5. The van der Waals surface area contributed by atoms with E-state index in [1.54, 1.807) is 0 Å². The molecule has 3 aliphatic rings. The maximum Gasteiger partial charge on any atom is 0.200 e. The molecule has 4 nitrogen and oxygen atoms in total. The fourth-order valence-electron chi connectivity index (χ4n) is 7.04. The van der Waals surface area contributed by atoms with Crippen LogP contribution < -0.4 is 0 Å². The van der Waals surface area contributed by atoms with Crippen molar-refractivity contribution in [2.24, 2.45) is 10.2 Å². The summed E-state index contributed by atoms with van der Waals surface area (Å²) < 4.78 is 5.29. The van der Waals surface area contributed by atoms with Crippen LogP contribution in [0.25, 0.3) is 0 Å². The van der Waals surface area contributed by atoms with E-state index in [1.165, 1.54) is 11.4 Å². The summed E-state index contributed by atoms with van der Waals surface area (Å²) in [5.41, 5.74) is 2.88. The first-order valence-electron chi connectivity index (χ1n) is 11.0. The van der Waals surface area contributed by atoms with Gasteiger partial charge in [0.05, 0.1) is 0 Å². The number of fused-ring (bicyclic) bond motifs is 4. The van der Waals surface area contributed by atoms with E-state index < -0.39 is 16.5 Å². The van der Waals surface area contributed by atoms with Gasteiger partial charge in [0.25, 0.3) is 0 Å². The van der Waals surface area contributed by atoms with Crippen LogP contribution in [0.5, 0.6) is 0 Å². The van der Waals surface area contributed by atoms with Gasteiger partial charge in [-0.3, -0.25) is 0 Å². The molecule has 1 fully saturated rings. The van der Waals surface area contributed by atoms with E-state index in [9.17, 15) is 0 Å². The summed E-state index contributed by atoms with van der Waals surface area (Å²) in [6, 6.07) is 0. The van der Waals surface area contributed by atoms with Crippen molar-refractivity contribution in [1.82, 2.24) is 9.35 Å². The lowest BCUT2D eigenvalue weighted by molar-refractivity contribution is 0.222. The minimum atomic E-state index is -2.02. The Morgan fingerprint density at radius 3 is 1.00 bits per heavy atom. The number of hydrogen-bond acceptors (Lipinski definition) is 4. The van der Waals surface area contributed by atoms with Gasteiger partial charge >= 0.3 is 0 Å². The molecule has 28 heavy (non-hydrogen) atoms. The highest BCUT2D eigenvalue weighted by Crippen LogP contribution is 2.78. The van der Waals surface area contributed by atoms with Crippen LogP contribution in [0.2, 0.25) is 20.4 Å². The highest BCUT2D eigenvalue weighted by atomic mass is 28.5. The fraction of sp³-hybridized carbons (Fsp3) is 0.909. The van der Waals surface area contributed by atoms with E-state index in [0.29, 0.717) is 10.3 Å². The van der Waals surface area contributed by atoms with E-state index in [-0.39, 0.29) is 21.2 Å². The van der Waals surface area contributed by atoms with Gasteiger partial charge in [-0.25, -0.2) is 0 Å². The minimum absolute atomic E-state index is 0.0450. The second kappa shape index (κ2) is 5.54. The van der Waals surface area contributed by atoms with Gasteiger partial charge in [-0.15, -0.1) is 0 Å². The maximum absolute atomic E-state index is 5.38. The molecule has 6 heteroatoms. The van der Waals surface area contributed by atoms with E-state index in [0.717, 1.165) is 0 Å². The highest BCUT2D eigenvalue weighted by molar-refractivity contribution is 7.23. The summed E-state index contributed by atoms with van der Waals surface area (Å²) in [7, 11) is -4.03. The molecule has 160 valence electrons. The van der Waals surface area contributed by atoms with Crippen LogP contribution in [-0.4, -0.2) is 48.3 Å². The first-order valence-corrected chi connectivity index (χ1v) is 15.2. The van der Waals surface area contributed by atoms with Gasteiger partial charge in [0.1, 0.15) is 0 Å². The third kappa shape index (κ3) is 2.28. The number of hydrazone groups is 2. The molecule has 0 unspecified atom stereocenters. The van der Waals surface area contributed by atoms with Gasteiger partial charge in [0.2, 0.25) is 0 Å². The summed E-state index contributed by atoms with van der Waals surface area (Å²) in [6.07, 6.45) is 0. The molecule has 0 aromatic heterocycles. The molecule has 0 N–H and O–H groups in total. The van der Waals surface area contributed by atoms with Crippen LogP contribution in [0.15, 0.2) is 10.2 Å². The van der Waals surface area contributed by atoms with Gasteiger partial charge in [-0.1, -0.05) is 41.5 Å². The molecule has 3 heterocycles. The Labute approximate surface area is 176 Å². The molecule has 0 bridgehead atoms. The molecular weight excluding hydrogens is 376 g/mol. The topological polar surface area (TPSA) is 31.2 Å². The minimum Gasteiger partial charge on any atom is -0.317 e. The second-order valence-corrected chi connectivity index (χ2v) is 24.1. The standard InChI is InChI=1S/C22H44N4Si2/c1-15-17-27(21(9,10)11,25(23-15)19(3,4)5)18-16(2)24-26(20(6,7)8)28(17,18)22(12,13)14/h17-18H,1-14H3. The Hall–Kier alpha value is -0.626. The third-order valence-electron chi connectivity index (χ3n) is 7.49. The average molecular weight is 421 g/mol. The Balaban J connectivity index is 2.38. The SMILES string of the molecule is CC1=NN(C(C)(C)C)[Si]2(C(C)(C)C)C1[Si]1(C(C)(C)C)C2C(C)=NN1C(C)(C)C. The van der Waals surface area contributed by atoms with Crippen LogP contribution in [-0.2, 0) is 0 Å². The number of nitrogens with zero attached hydrogens (tertiary/aromatic N) is 4. The molecule has 0 radical (unpaired) electrons. The number of rotatable bonds is 0. The molecule has 0 aliphatic carbocycles. The molecule has 0 atom stereocenters. The lowest BCUT2D eigenvalue weighted by atomic mass is 10.1. The molecule has 3 aliphatic heterocycles. The monoisotopic (exact) mass is 420 g/mol. The smallest absolute Gasteiger partial charge is 0.200 e. The van der Waals surface area contributed by atoms with Crippen LogP contribution in [0.3, 0.4) is 0 Å². The summed E-state index contributed by atoms with van der Waals surface area (Å²) in [5.74, 6) is 0. The summed E-state index contributed by atoms with van der Waals surface area (Å²) >= 11 is 0. The molecule has 3 rings (SSSR count). The normalized spacial score (nSPS) is 36.1. The van der Waals surface area contributed by atoms with Crippen molar-refractivity contribution in [2.45, 2.75) is 128 Å². The molecule has 0 spiro atoms. The van der Waals surface area contributed by atoms with Gasteiger partial charge < -0.3 is 9.35 Å². The zero-order valence-corrected chi connectivity index (χ0v) is 22.9. The van der Waals surface area contributed by atoms with E-state index in [4.69, 9.17) is 10.2 Å². The predicted molar refractivity (Wildman–Crippen MR) is 128 cm³/mol. The van der Waals surface area contributed by atoms with Crippen molar-refractivity contribution in [1.29, 1.82) is 0 Å². The first-order chi connectivity index (χ1) is 12.3. The third-order valence-corrected chi connectivity index (χ3v) is 25.7. The van der Waals surface area contributed by atoms with Crippen molar-refractivity contribution in [3.63, 3.8) is 0 Å². The molecular formula is C22H44N4Si2. The molecule has 0 saturated carbocycles. The molecule has 0 amide bonds.